The van der Waals surface area contributed by atoms with Crippen molar-refractivity contribution < 1.29 is 0 Å². The summed E-state index contributed by atoms with van der Waals surface area (Å²) in [5.41, 5.74) is 6.63. The molecular formula is C11H16N4S. The van der Waals surface area contributed by atoms with Crippen LogP contribution < -0.4 is 5.73 Å². The summed E-state index contributed by atoms with van der Waals surface area (Å²) in [7, 11) is 0. The van der Waals surface area contributed by atoms with E-state index in [1.54, 1.807) is 24.2 Å². The van der Waals surface area contributed by atoms with Crippen LogP contribution >= 0.6 is 11.8 Å². The minimum atomic E-state index is 0.539. The highest BCUT2D eigenvalue weighted by atomic mass is 32.2. The summed E-state index contributed by atoms with van der Waals surface area (Å²) in [4.78, 5) is 8.61. The van der Waals surface area contributed by atoms with Crippen LogP contribution in [-0.2, 0) is 0 Å². The third-order valence-electron chi connectivity index (χ3n) is 2.30. The Morgan fingerprint density at radius 3 is 3.06 bits per heavy atom. The Balaban J connectivity index is 2.19. The minimum absolute atomic E-state index is 0.539. The van der Waals surface area contributed by atoms with Crippen LogP contribution in [0.3, 0.4) is 0 Å². The Morgan fingerprint density at radius 2 is 2.31 bits per heavy atom. The Bertz CT molecular complexity index is 478. The van der Waals surface area contributed by atoms with Gasteiger partial charge in [0.15, 0.2) is 5.65 Å². The number of hydrogen-bond acceptors (Lipinski definition) is 4. The van der Waals surface area contributed by atoms with Gasteiger partial charge in [-0.1, -0.05) is 13.8 Å². The number of nitrogen functional groups attached to an aromatic ring is 1. The largest absolute Gasteiger partial charge is 0.382 e. The first-order valence-electron chi connectivity index (χ1n) is 5.39. The van der Waals surface area contributed by atoms with Crippen molar-refractivity contribution in [1.29, 1.82) is 0 Å². The summed E-state index contributed by atoms with van der Waals surface area (Å²) in [6, 6.07) is 0. The lowest BCUT2D eigenvalue weighted by Crippen LogP contribution is -1.98. The molecule has 0 radical (unpaired) electrons. The van der Waals surface area contributed by atoms with E-state index < -0.39 is 0 Å². The Morgan fingerprint density at radius 1 is 1.50 bits per heavy atom. The highest BCUT2D eigenvalue weighted by molar-refractivity contribution is 7.99. The molecule has 0 unspecified atom stereocenters. The maximum absolute atomic E-state index is 5.74. The minimum Gasteiger partial charge on any atom is -0.382 e. The van der Waals surface area contributed by atoms with Gasteiger partial charge in [-0.2, -0.15) is 0 Å². The van der Waals surface area contributed by atoms with Crippen LogP contribution in [0.15, 0.2) is 23.6 Å². The van der Waals surface area contributed by atoms with E-state index in [0.717, 1.165) is 16.4 Å². The van der Waals surface area contributed by atoms with E-state index in [1.165, 1.54) is 6.42 Å². The molecule has 0 saturated heterocycles. The molecule has 2 heterocycles. The first-order valence-corrected chi connectivity index (χ1v) is 6.37. The van der Waals surface area contributed by atoms with Gasteiger partial charge in [-0.05, 0) is 18.1 Å². The van der Waals surface area contributed by atoms with Crippen LogP contribution in [0.5, 0.6) is 0 Å². The Labute approximate surface area is 99.3 Å². The highest BCUT2D eigenvalue weighted by Crippen LogP contribution is 2.23. The van der Waals surface area contributed by atoms with Crippen LogP contribution in [0.1, 0.15) is 20.3 Å². The zero-order valence-electron chi connectivity index (χ0n) is 9.55. The van der Waals surface area contributed by atoms with Crippen molar-refractivity contribution in [2.45, 2.75) is 25.3 Å². The number of imidazole rings is 1. The van der Waals surface area contributed by atoms with Gasteiger partial charge in [0.05, 0.1) is 6.20 Å². The van der Waals surface area contributed by atoms with Gasteiger partial charge >= 0.3 is 0 Å². The fraction of sp³-hybridized carbons (Fsp3) is 0.455. The summed E-state index contributed by atoms with van der Waals surface area (Å²) in [6.07, 6.45) is 6.62. The topological polar surface area (TPSA) is 56.2 Å². The van der Waals surface area contributed by atoms with Crippen molar-refractivity contribution in [1.82, 2.24) is 14.4 Å². The molecule has 0 amide bonds. The number of aromatic nitrogens is 3. The second-order valence-electron chi connectivity index (χ2n) is 4.16. The molecule has 0 fully saturated rings. The van der Waals surface area contributed by atoms with Crippen molar-refractivity contribution in [2.24, 2.45) is 5.92 Å². The van der Waals surface area contributed by atoms with Gasteiger partial charge in [0, 0.05) is 12.4 Å². The van der Waals surface area contributed by atoms with E-state index in [-0.39, 0.29) is 0 Å². The van der Waals surface area contributed by atoms with Gasteiger partial charge in [-0.15, -0.1) is 11.8 Å². The number of thioether (sulfide) groups is 1. The predicted octanol–water partition coefficient (Wildman–Crippen LogP) is 2.45. The monoisotopic (exact) mass is 236 g/mol. The van der Waals surface area contributed by atoms with Gasteiger partial charge in [-0.3, -0.25) is 0 Å². The van der Waals surface area contributed by atoms with Crippen LogP contribution in [0.25, 0.3) is 5.65 Å². The fourth-order valence-electron chi connectivity index (χ4n) is 1.41. The Hall–Kier alpha value is -1.23. The van der Waals surface area contributed by atoms with Crippen molar-refractivity contribution in [3.63, 3.8) is 0 Å². The third kappa shape index (κ3) is 2.47. The molecule has 86 valence electrons. The van der Waals surface area contributed by atoms with E-state index in [9.17, 15) is 0 Å². The quantitative estimate of drug-likeness (QED) is 0.828. The number of fused-ring (bicyclic) bond motifs is 1. The van der Waals surface area contributed by atoms with E-state index in [2.05, 4.69) is 23.8 Å². The van der Waals surface area contributed by atoms with Gasteiger partial charge in [0.1, 0.15) is 10.8 Å². The molecule has 2 N–H and O–H groups in total. The lowest BCUT2D eigenvalue weighted by Gasteiger charge is -2.06. The van der Waals surface area contributed by atoms with Crippen molar-refractivity contribution in [3.05, 3.63) is 18.6 Å². The predicted molar refractivity (Wildman–Crippen MR) is 67.6 cm³/mol. The smallest absolute Gasteiger partial charge is 0.169 e. The number of rotatable bonds is 4. The van der Waals surface area contributed by atoms with Crippen molar-refractivity contribution in [2.75, 3.05) is 11.5 Å². The summed E-state index contributed by atoms with van der Waals surface area (Å²) in [6.45, 7) is 4.44. The second kappa shape index (κ2) is 4.74. The maximum atomic E-state index is 5.74. The van der Waals surface area contributed by atoms with Gasteiger partial charge < -0.3 is 10.1 Å². The highest BCUT2D eigenvalue weighted by Gasteiger charge is 2.06. The zero-order valence-corrected chi connectivity index (χ0v) is 10.4. The molecule has 0 spiro atoms. The van der Waals surface area contributed by atoms with Crippen molar-refractivity contribution >= 4 is 23.2 Å². The molecule has 4 nitrogen and oxygen atoms in total. The van der Waals surface area contributed by atoms with Crippen molar-refractivity contribution in [3.8, 4) is 0 Å². The number of nitrogens with zero attached hydrogens (tertiary/aromatic N) is 3. The summed E-state index contributed by atoms with van der Waals surface area (Å²) < 4.78 is 1.92. The number of nitrogens with two attached hydrogens (primary N) is 1. The standard InChI is InChI=1S/C11H16N4S/c1-8(2)3-6-16-11-10-13-4-5-15(10)7-9(12)14-11/h4-5,7-8H,3,6,12H2,1-2H3. The van der Waals surface area contributed by atoms with E-state index in [0.29, 0.717) is 11.7 Å². The molecule has 16 heavy (non-hydrogen) atoms. The Kier molecular flexibility index (Phi) is 3.33. The zero-order chi connectivity index (χ0) is 11.5. The molecule has 0 saturated carbocycles. The van der Waals surface area contributed by atoms with Crippen LogP contribution in [0.2, 0.25) is 0 Å². The molecule has 2 aromatic rings. The lowest BCUT2D eigenvalue weighted by molar-refractivity contribution is 0.632. The maximum Gasteiger partial charge on any atom is 0.169 e. The molecular weight excluding hydrogens is 220 g/mol. The average molecular weight is 236 g/mol. The normalized spacial score (nSPS) is 11.4. The molecule has 0 aliphatic heterocycles. The molecule has 0 bridgehead atoms. The van der Waals surface area contributed by atoms with Crippen LogP contribution in [0.4, 0.5) is 5.82 Å². The number of anilines is 1. The fourth-order valence-corrected chi connectivity index (χ4v) is 2.65. The van der Waals surface area contributed by atoms with Gasteiger partial charge in [-0.25, -0.2) is 9.97 Å². The molecule has 0 aliphatic rings. The molecule has 0 aliphatic carbocycles. The van der Waals surface area contributed by atoms with Gasteiger partial charge in [0.2, 0.25) is 0 Å². The summed E-state index contributed by atoms with van der Waals surface area (Å²) in [5, 5.41) is 0.922. The molecule has 0 atom stereocenters. The van der Waals surface area contributed by atoms with E-state index >= 15 is 0 Å². The number of hydrogen-bond donors (Lipinski definition) is 1. The van der Waals surface area contributed by atoms with E-state index in [1.807, 2.05) is 10.6 Å². The molecule has 2 aromatic heterocycles. The van der Waals surface area contributed by atoms with E-state index in [4.69, 9.17) is 5.73 Å². The SMILES string of the molecule is CC(C)CCSc1nc(N)cn2ccnc12. The summed E-state index contributed by atoms with van der Waals surface area (Å²) in [5.74, 6) is 2.30. The lowest BCUT2D eigenvalue weighted by atomic mass is 10.2. The van der Waals surface area contributed by atoms with Crippen LogP contribution in [-0.4, -0.2) is 20.1 Å². The van der Waals surface area contributed by atoms with Crippen LogP contribution in [0, 0.1) is 5.92 Å². The first kappa shape index (κ1) is 11.3. The summed E-state index contributed by atoms with van der Waals surface area (Å²) >= 11 is 1.72. The molecule has 0 aromatic carbocycles. The molecule has 2 rings (SSSR count). The average Bonchev–Trinajstić information content (AvgIpc) is 2.64. The second-order valence-corrected chi connectivity index (χ2v) is 5.24. The van der Waals surface area contributed by atoms with Gasteiger partial charge in [0.25, 0.3) is 0 Å². The molecule has 5 heteroatoms. The third-order valence-corrected chi connectivity index (χ3v) is 3.28. The first-order chi connectivity index (χ1) is 7.66.